The number of hydrogen-bond donors (Lipinski definition) is 2. The quantitative estimate of drug-likeness (QED) is 0.637. The molecule has 0 spiro atoms. The summed E-state index contributed by atoms with van der Waals surface area (Å²) in [5.74, 6) is 0. The second-order valence-electron chi connectivity index (χ2n) is 5.01. The van der Waals surface area contributed by atoms with E-state index >= 15 is 0 Å². The Morgan fingerprint density at radius 3 is 2.27 bits per heavy atom. The molecule has 0 saturated carbocycles. The van der Waals surface area contributed by atoms with E-state index in [4.69, 9.17) is 5.11 Å². The highest BCUT2D eigenvalue weighted by molar-refractivity contribution is 6.10. The highest BCUT2D eigenvalue weighted by atomic mass is 16.4. The van der Waals surface area contributed by atoms with Gasteiger partial charge in [0.1, 0.15) is 0 Å². The fraction of sp³-hybridized carbons (Fsp3) is 0. The predicted octanol–water partition coefficient (Wildman–Crippen LogP) is 5.37. The molecule has 0 fully saturated rings. The first kappa shape index (κ1) is 13.9. The average molecular weight is 289 g/mol. The van der Waals surface area contributed by atoms with Crippen LogP contribution >= 0.6 is 0 Å². The van der Waals surface area contributed by atoms with Gasteiger partial charge in [-0.1, -0.05) is 49.6 Å². The molecule has 1 amide bonds. The summed E-state index contributed by atoms with van der Waals surface area (Å²) in [5, 5.41) is 15.6. The number of rotatable bonds is 3. The minimum Gasteiger partial charge on any atom is -0.465 e. The number of anilines is 1. The van der Waals surface area contributed by atoms with Crippen molar-refractivity contribution in [1.29, 1.82) is 0 Å². The van der Waals surface area contributed by atoms with Gasteiger partial charge in [-0.25, -0.2) is 4.79 Å². The van der Waals surface area contributed by atoms with E-state index in [2.05, 4.69) is 24.5 Å². The molecule has 3 nitrogen and oxygen atoms in total. The van der Waals surface area contributed by atoms with Gasteiger partial charge in [0, 0.05) is 10.9 Å². The number of benzene rings is 3. The van der Waals surface area contributed by atoms with Crippen LogP contribution < -0.4 is 5.32 Å². The summed E-state index contributed by atoms with van der Waals surface area (Å²) in [7, 11) is 0. The van der Waals surface area contributed by atoms with Crippen molar-refractivity contribution in [2.45, 2.75) is 0 Å². The van der Waals surface area contributed by atoms with Gasteiger partial charge >= 0.3 is 6.09 Å². The maximum atomic E-state index is 11.2. The second kappa shape index (κ2) is 5.37. The predicted molar refractivity (Wildman–Crippen MR) is 93.3 cm³/mol. The summed E-state index contributed by atoms with van der Waals surface area (Å²) >= 11 is 0. The lowest BCUT2D eigenvalue weighted by atomic mass is 9.95. The van der Waals surface area contributed by atoms with E-state index in [0.29, 0.717) is 5.69 Å². The third kappa shape index (κ3) is 2.23. The van der Waals surface area contributed by atoms with E-state index in [1.165, 1.54) is 0 Å². The fourth-order valence-electron chi connectivity index (χ4n) is 2.76. The van der Waals surface area contributed by atoms with Crippen LogP contribution in [0.2, 0.25) is 0 Å². The fourth-order valence-corrected chi connectivity index (χ4v) is 2.76. The Labute approximate surface area is 128 Å². The Balaban J connectivity index is 2.47. The van der Waals surface area contributed by atoms with Crippen LogP contribution in [0.25, 0.3) is 33.7 Å². The first-order valence-corrected chi connectivity index (χ1v) is 6.88. The molecule has 0 saturated heterocycles. The molecule has 0 heterocycles. The summed E-state index contributed by atoms with van der Waals surface area (Å²) in [6.45, 7) is 7.60. The molecule has 0 bridgehead atoms. The van der Waals surface area contributed by atoms with Crippen LogP contribution in [0.4, 0.5) is 10.5 Å². The maximum Gasteiger partial charge on any atom is 0.409 e. The normalized spacial score (nSPS) is 10.5. The zero-order valence-corrected chi connectivity index (χ0v) is 12.0. The van der Waals surface area contributed by atoms with Crippen molar-refractivity contribution in [2.24, 2.45) is 0 Å². The van der Waals surface area contributed by atoms with Crippen LogP contribution in [0, 0.1) is 0 Å². The molecule has 0 atom stereocenters. The van der Waals surface area contributed by atoms with Crippen LogP contribution in [0.3, 0.4) is 0 Å². The number of hydrogen-bond acceptors (Lipinski definition) is 1. The van der Waals surface area contributed by atoms with Crippen molar-refractivity contribution >= 4 is 45.5 Å². The Morgan fingerprint density at radius 1 is 1.00 bits per heavy atom. The second-order valence-corrected chi connectivity index (χ2v) is 5.01. The molecule has 2 N–H and O–H groups in total. The van der Waals surface area contributed by atoms with E-state index in [1.807, 2.05) is 36.4 Å². The molecular formula is C19H15NO2. The van der Waals surface area contributed by atoms with E-state index in [-0.39, 0.29) is 0 Å². The summed E-state index contributed by atoms with van der Waals surface area (Å²) in [4.78, 5) is 11.2. The molecule has 3 aromatic carbocycles. The molecule has 108 valence electrons. The van der Waals surface area contributed by atoms with Gasteiger partial charge in [0.25, 0.3) is 0 Å². The van der Waals surface area contributed by atoms with Crippen LogP contribution in [-0.2, 0) is 0 Å². The molecular weight excluding hydrogens is 274 g/mol. The molecule has 3 rings (SSSR count). The SMILES string of the molecule is C=Cc1cc2cc3ccccc3cc2c(NC(=O)O)c1C=C. The van der Waals surface area contributed by atoms with Gasteiger partial charge in [-0.3, -0.25) is 5.32 Å². The first-order chi connectivity index (χ1) is 10.6. The van der Waals surface area contributed by atoms with Crippen molar-refractivity contribution < 1.29 is 9.90 Å². The van der Waals surface area contributed by atoms with Crippen molar-refractivity contribution in [3.8, 4) is 0 Å². The monoisotopic (exact) mass is 289 g/mol. The largest absolute Gasteiger partial charge is 0.465 e. The number of amides is 1. The molecule has 0 aliphatic rings. The van der Waals surface area contributed by atoms with Crippen molar-refractivity contribution in [1.82, 2.24) is 0 Å². The van der Waals surface area contributed by atoms with Gasteiger partial charge in [0.2, 0.25) is 0 Å². The van der Waals surface area contributed by atoms with Crippen molar-refractivity contribution in [3.63, 3.8) is 0 Å². The van der Waals surface area contributed by atoms with Gasteiger partial charge in [-0.2, -0.15) is 0 Å². The zero-order valence-electron chi connectivity index (χ0n) is 12.0. The maximum absolute atomic E-state index is 11.2. The number of carboxylic acid groups (broad SMARTS) is 1. The summed E-state index contributed by atoms with van der Waals surface area (Å²) in [6, 6.07) is 14.0. The van der Waals surface area contributed by atoms with E-state index in [9.17, 15) is 4.79 Å². The third-order valence-corrected chi connectivity index (χ3v) is 3.73. The molecule has 22 heavy (non-hydrogen) atoms. The summed E-state index contributed by atoms with van der Waals surface area (Å²) < 4.78 is 0. The highest BCUT2D eigenvalue weighted by Crippen LogP contribution is 2.35. The number of nitrogens with one attached hydrogen (secondary N) is 1. The van der Waals surface area contributed by atoms with Crippen LogP contribution in [0.5, 0.6) is 0 Å². The minimum absolute atomic E-state index is 0.542. The van der Waals surface area contributed by atoms with Gasteiger partial charge in [0.05, 0.1) is 5.69 Å². The van der Waals surface area contributed by atoms with E-state index in [0.717, 1.165) is 32.7 Å². The third-order valence-electron chi connectivity index (χ3n) is 3.73. The first-order valence-electron chi connectivity index (χ1n) is 6.88. The lowest BCUT2D eigenvalue weighted by molar-refractivity contribution is 0.210. The minimum atomic E-state index is -1.10. The lowest BCUT2D eigenvalue weighted by Crippen LogP contribution is -2.09. The standard InChI is InChI=1S/C19H15NO2/c1-3-12-9-15-10-13-7-5-6-8-14(13)11-17(15)18(16(12)4-2)20-19(21)22/h3-11,20H,1-2H2,(H,21,22). The van der Waals surface area contributed by atoms with Gasteiger partial charge in [-0.15, -0.1) is 0 Å². The van der Waals surface area contributed by atoms with Crippen LogP contribution in [0.1, 0.15) is 11.1 Å². The molecule has 0 radical (unpaired) electrons. The average Bonchev–Trinajstić information content (AvgIpc) is 2.52. The Hall–Kier alpha value is -3.07. The van der Waals surface area contributed by atoms with Crippen molar-refractivity contribution in [3.05, 3.63) is 66.7 Å². The summed E-state index contributed by atoms with van der Waals surface area (Å²) in [5.41, 5.74) is 2.13. The van der Waals surface area contributed by atoms with Crippen molar-refractivity contribution in [2.75, 3.05) is 5.32 Å². The van der Waals surface area contributed by atoms with Gasteiger partial charge < -0.3 is 5.11 Å². The Bertz CT molecular complexity index is 926. The smallest absolute Gasteiger partial charge is 0.409 e. The Kier molecular flexibility index (Phi) is 3.39. The van der Waals surface area contributed by atoms with Gasteiger partial charge in [-0.05, 0) is 39.9 Å². The summed E-state index contributed by atoms with van der Waals surface area (Å²) in [6.07, 6.45) is 2.26. The van der Waals surface area contributed by atoms with Gasteiger partial charge in [0.15, 0.2) is 0 Å². The number of fused-ring (bicyclic) bond motifs is 2. The van der Waals surface area contributed by atoms with E-state index in [1.54, 1.807) is 12.2 Å². The molecule has 3 aromatic rings. The highest BCUT2D eigenvalue weighted by Gasteiger charge is 2.13. The molecule has 0 aliphatic carbocycles. The van der Waals surface area contributed by atoms with E-state index < -0.39 is 6.09 Å². The molecule has 3 heteroatoms. The zero-order chi connectivity index (χ0) is 15.7. The van der Waals surface area contributed by atoms with Crippen LogP contribution in [-0.4, -0.2) is 11.2 Å². The topological polar surface area (TPSA) is 49.3 Å². The number of carbonyl (C=O) groups is 1. The molecule has 0 aliphatic heterocycles. The molecule has 0 aromatic heterocycles. The molecule has 0 unspecified atom stereocenters. The Morgan fingerprint density at radius 2 is 1.68 bits per heavy atom. The lowest BCUT2D eigenvalue weighted by Gasteiger charge is -2.14. The van der Waals surface area contributed by atoms with Crippen LogP contribution in [0.15, 0.2) is 55.6 Å².